The molecular formula is C16H24O2. The van der Waals surface area contributed by atoms with E-state index in [2.05, 4.69) is 39.8 Å². The average molecular weight is 248 g/mol. The monoisotopic (exact) mass is 248 g/mol. The predicted octanol–water partition coefficient (Wildman–Crippen LogP) is 2.94. The third-order valence-corrected chi connectivity index (χ3v) is 4.18. The van der Waals surface area contributed by atoms with Crippen LogP contribution in [-0.4, -0.2) is 23.9 Å². The summed E-state index contributed by atoms with van der Waals surface area (Å²) in [6, 6.07) is 4.40. The van der Waals surface area contributed by atoms with E-state index in [0.717, 1.165) is 19.4 Å². The topological polar surface area (TPSA) is 29.5 Å². The molecule has 1 aliphatic rings. The van der Waals surface area contributed by atoms with Gasteiger partial charge in [0.05, 0.1) is 12.2 Å². The van der Waals surface area contributed by atoms with Gasteiger partial charge in [-0.15, -0.1) is 0 Å². The molecule has 1 fully saturated rings. The fourth-order valence-electron chi connectivity index (χ4n) is 3.15. The number of ether oxygens (including phenoxy) is 1. The predicted molar refractivity (Wildman–Crippen MR) is 73.9 cm³/mol. The average Bonchev–Trinajstić information content (AvgIpc) is 2.69. The van der Waals surface area contributed by atoms with Gasteiger partial charge in [0.2, 0.25) is 0 Å². The zero-order chi connectivity index (χ0) is 13.3. The van der Waals surface area contributed by atoms with E-state index in [1.165, 1.54) is 22.3 Å². The van der Waals surface area contributed by atoms with Crippen LogP contribution in [0.5, 0.6) is 0 Å². The van der Waals surface area contributed by atoms with Gasteiger partial charge in [-0.05, 0) is 57.2 Å². The van der Waals surface area contributed by atoms with E-state index in [0.29, 0.717) is 0 Å². The molecule has 0 bridgehead atoms. The Morgan fingerprint density at radius 2 is 1.89 bits per heavy atom. The molecule has 1 N–H and O–H groups in total. The summed E-state index contributed by atoms with van der Waals surface area (Å²) >= 11 is 0. The zero-order valence-electron chi connectivity index (χ0n) is 11.9. The quantitative estimate of drug-likeness (QED) is 0.891. The maximum Gasteiger partial charge on any atom is 0.0634 e. The number of hydrogen-bond donors (Lipinski definition) is 1. The number of hydrogen-bond acceptors (Lipinski definition) is 2. The molecule has 0 amide bonds. The highest BCUT2D eigenvalue weighted by atomic mass is 16.5. The van der Waals surface area contributed by atoms with Gasteiger partial charge in [0.1, 0.15) is 0 Å². The third kappa shape index (κ3) is 2.76. The Kier molecular flexibility index (Phi) is 4.08. The molecule has 2 heteroatoms. The largest absolute Gasteiger partial charge is 0.392 e. The molecule has 3 unspecified atom stereocenters. The van der Waals surface area contributed by atoms with Crippen LogP contribution in [0, 0.1) is 26.7 Å². The highest BCUT2D eigenvalue weighted by molar-refractivity contribution is 5.37. The van der Waals surface area contributed by atoms with E-state index in [1.807, 2.05) is 0 Å². The summed E-state index contributed by atoms with van der Waals surface area (Å²) in [5, 5.41) is 10.4. The van der Waals surface area contributed by atoms with Crippen LogP contribution in [-0.2, 0) is 11.2 Å². The van der Waals surface area contributed by atoms with Crippen molar-refractivity contribution in [3.05, 3.63) is 34.4 Å². The van der Waals surface area contributed by atoms with Crippen molar-refractivity contribution in [3.63, 3.8) is 0 Å². The van der Waals surface area contributed by atoms with Crippen LogP contribution >= 0.6 is 0 Å². The maximum absolute atomic E-state index is 10.4. The molecule has 1 heterocycles. The number of aliphatic hydroxyl groups is 1. The molecule has 1 aromatic rings. The van der Waals surface area contributed by atoms with Crippen molar-refractivity contribution in [1.29, 1.82) is 0 Å². The van der Waals surface area contributed by atoms with Gasteiger partial charge in [0, 0.05) is 12.5 Å². The lowest BCUT2D eigenvalue weighted by Gasteiger charge is -2.22. The normalized spacial score (nSPS) is 25.4. The zero-order valence-corrected chi connectivity index (χ0v) is 11.9. The maximum atomic E-state index is 10.4. The van der Waals surface area contributed by atoms with Gasteiger partial charge < -0.3 is 9.84 Å². The van der Waals surface area contributed by atoms with Crippen molar-refractivity contribution >= 4 is 0 Å². The van der Waals surface area contributed by atoms with Crippen LogP contribution in [0.15, 0.2) is 12.1 Å². The molecule has 2 rings (SSSR count). The molecule has 1 aromatic carbocycles. The van der Waals surface area contributed by atoms with Crippen LogP contribution in [0.2, 0.25) is 0 Å². The second-order valence-corrected chi connectivity index (χ2v) is 5.68. The molecule has 0 saturated carbocycles. The van der Waals surface area contributed by atoms with E-state index >= 15 is 0 Å². The van der Waals surface area contributed by atoms with Crippen LogP contribution in [0.3, 0.4) is 0 Å². The first kappa shape index (κ1) is 13.6. The van der Waals surface area contributed by atoms with E-state index in [9.17, 15) is 5.11 Å². The van der Waals surface area contributed by atoms with Crippen molar-refractivity contribution < 1.29 is 9.84 Å². The first-order valence-corrected chi connectivity index (χ1v) is 6.85. The third-order valence-electron chi connectivity index (χ3n) is 4.18. The summed E-state index contributed by atoms with van der Waals surface area (Å²) in [5.74, 6) is 0.283. The van der Waals surface area contributed by atoms with Crippen molar-refractivity contribution in [1.82, 2.24) is 0 Å². The molecule has 1 aliphatic heterocycles. The summed E-state index contributed by atoms with van der Waals surface area (Å²) < 4.78 is 5.54. The summed E-state index contributed by atoms with van der Waals surface area (Å²) in [4.78, 5) is 0. The van der Waals surface area contributed by atoms with Gasteiger partial charge in [0.25, 0.3) is 0 Å². The van der Waals surface area contributed by atoms with E-state index < -0.39 is 0 Å². The van der Waals surface area contributed by atoms with Gasteiger partial charge in [-0.2, -0.15) is 0 Å². The number of rotatable bonds is 3. The number of aryl methyl sites for hydroxylation is 3. The molecule has 2 nitrogen and oxygen atoms in total. The number of aliphatic hydroxyl groups excluding tert-OH is 1. The van der Waals surface area contributed by atoms with Crippen molar-refractivity contribution in [2.75, 3.05) is 6.61 Å². The molecule has 0 radical (unpaired) electrons. The summed E-state index contributed by atoms with van der Waals surface area (Å²) in [5.41, 5.74) is 5.17. The van der Waals surface area contributed by atoms with Crippen LogP contribution in [0.4, 0.5) is 0 Å². The summed E-state index contributed by atoms with van der Waals surface area (Å²) in [6.07, 6.45) is 1.62. The molecule has 100 valence electrons. The Bertz CT molecular complexity index is 402. The van der Waals surface area contributed by atoms with Gasteiger partial charge >= 0.3 is 0 Å². The van der Waals surface area contributed by atoms with E-state index in [1.54, 1.807) is 0 Å². The molecule has 0 aromatic heterocycles. The molecule has 18 heavy (non-hydrogen) atoms. The fraction of sp³-hybridized carbons (Fsp3) is 0.625. The Labute approximate surface area is 110 Å². The van der Waals surface area contributed by atoms with Crippen LogP contribution in [0.1, 0.15) is 35.6 Å². The minimum Gasteiger partial charge on any atom is -0.392 e. The Morgan fingerprint density at radius 1 is 1.28 bits per heavy atom. The van der Waals surface area contributed by atoms with Gasteiger partial charge in [-0.25, -0.2) is 0 Å². The van der Waals surface area contributed by atoms with E-state index in [4.69, 9.17) is 4.74 Å². The standard InChI is InChI=1S/C16H24O2/c1-10-7-11(2)15(12(3)8-10)9-16(17)14-5-6-18-13(14)4/h7-8,13-14,16-17H,5-6,9H2,1-4H3. The Balaban J connectivity index is 2.14. The van der Waals surface area contributed by atoms with Gasteiger partial charge in [-0.3, -0.25) is 0 Å². The molecular weight excluding hydrogens is 224 g/mol. The van der Waals surface area contributed by atoms with E-state index in [-0.39, 0.29) is 18.1 Å². The highest BCUT2D eigenvalue weighted by Crippen LogP contribution is 2.27. The second-order valence-electron chi connectivity index (χ2n) is 5.68. The molecule has 0 aliphatic carbocycles. The van der Waals surface area contributed by atoms with Crippen LogP contribution in [0.25, 0.3) is 0 Å². The minimum atomic E-state index is -0.289. The first-order chi connectivity index (χ1) is 8.49. The van der Waals surface area contributed by atoms with Crippen LogP contribution < -0.4 is 0 Å². The second kappa shape index (κ2) is 5.41. The van der Waals surface area contributed by atoms with Gasteiger partial charge in [0.15, 0.2) is 0 Å². The number of benzene rings is 1. The minimum absolute atomic E-state index is 0.186. The summed E-state index contributed by atoms with van der Waals surface area (Å²) in [7, 11) is 0. The Morgan fingerprint density at radius 3 is 2.39 bits per heavy atom. The summed E-state index contributed by atoms with van der Waals surface area (Å²) in [6.45, 7) is 9.24. The first-order valence-electron chi connectivity index (χ1n) is 6.85. The SMILES string of the molecule is Cc1cc(C)c(CC(O)C2CCOC2C)c(C)c1. The smallest absolute Gasteiger partial charge is 0.0634 e. The Hall–Kier alpha value is -0.860. The lowest BCUT2D eigenvalue weighted by atomic mass is 9.88. The van der Waals surface area contributed by atoms with Crippen molar-refractivity contribution in [3.8, 4) is 0 Å². The fourth-order valence-corrected chi connectivity index (χ4v) is 3.15. The molecule has 1 saturated heterocycles. The van der Waals surface area contributed by atoms with Crippen molar-refractivity contribution in [2.45, 2.75) is 52.7 Å². The molecule has 0 spiro atoms. The lowest BCUT2D eigenvalue weighted by molar-refractivity contribution is 0.0439. The lowest BCUT2D eigenvalue weighted by Crippen LogP contribution is -2.28. The molecule has 3 atom stereocenters. The van der Waals surface area contributed by atoms with Gasteiger partial charge in [-0.1, -0.05) is 17.7 Å². The van der Waals surface area contributed by atoms with Crippen molar-refractivity contribution in [2.24, 2.45) is 5.92 Å². The highest BCUT2D eigenvalue weighted by Gasteiger charge is 2.31.